The molecule has 3 nitrogen and oxygen atoms in total. The van der Waals surface area contributed by atoms with Gasteiger partial charge in [0.25, 0.3) is 0 Å². The summed E-state index contributed by atoms with van der Waals surface area (Å²) in [5.74, 6) is -6.39. The van der Waals surface area contributed by atoms with Crippen LogP contribution in [0, 0.1) is 5.92 Å². The monoisotopic (exact) mass is 315 g/mol. The first kappa shape index (κ1) is 18.3. The molecular weight excluding hydrogens is 304 g/mol. The van der Waals surface area contributed by atoms with Gasteiger partial charge in [-0.2, -0.15) is 26.3 Å². The standard InChI is InChI=1S/C9H12ClF6NO2/c1-19-5-4-17(3-2-10)7(18)6(8(11,12)13)9(14,15)16/h6H,2-5H2,1H3. The highest BCUT2D eigenvalue weighted by Gasteiger charge is 2.61. The van der Waals surface area contributed by atoms with Crippen LogP contribution in [0.25, 0.3) is 0 Å². The van der Waals surface area contributed by atoms with Crippen LogP contribution in [0.3, 0.4) is 0 Å². The van der Waals surface area contributed by atoms with Crippen LogP contribution in [0.15, 0.2) is 0 Å². The smallest absolute Gasteiger partial charge is 0.383 e. The van der Waals surface area contributed by atoms with Crippen LogP contribution in [0.1, 0.15) is 0 Å². The fraction of sp³-hybridized carbons (Fsp3) is 0.889. The molecule has 1 amide bonds. The van der Waals surface area contributed by atoms with Crippen molar-refractivity contribution in [1.82, 2.24) is 4.90 Å². The number of rotatable bonds is 6. The maximum Gasteiger partial charge on any atom is 0.409 e. The third-order valence-corrected chi connectivity index (χ3v) is 2.30. The van der Waals surface area contributed by atoms with E-state index in [0.29, 0.717) is 4.90 Å². The van der Waals surface area contributed by atoms with E-state index in [2.05, 4.69) is 4.74 Å². The Hall–Kier alpha value is -0.700. The Bertz CT molecular complexity index is 279. The molecule has 0 heterocycles. The molecule has 0 N–H and O–H groups in total. The van der Waals surface area contributed by atoms with Crippen molar-refractivity contribution in [1.29, 1.82) is 0 Å². The van der Waals surface area contributed by atoms with Crippen LogP contribution in [0.5, 0.6) is 0 Å². The largest absolute Gasteiger partial charge is 0.409 e. The quantitative estimate of drug-likeness (QED) is 0.556. The number of carbonyl (C=O) groups excluding carboxylic acids is 1. The van der Waals surface area contributed by atoms with Crippen LogP contribution in [-0.4, -0.2) is 55.8 Å². The van der Waals surface area contributed by atoms with Crippen LogP contribution < -0.4 is 0 Å². The molecule has 0 aliphatic carbocycles. The van der Waals surface area contributed by atoms with Crippen molar-refractivity contribution in [2.75, 3.05) is 32.7 Å². The zero-order chi connectivity index (χ0) is 15.3. The lowest BCUT2D eigenvalue weighted by molar-refractivity contribution is -0.277. The summed E-state index contributed by atoms with van der Waals surface area (Å²) < 4.78 is 78.7. The van der Waals surface area contributed by atoms with Crippen molar-refractivity contribution in [3.05, 3.63) is 0 Å². The second-order valence-corrected chi connectivity index (χ2v) is 3.90. The van der Waals surface area contributed by atoms with E-state index in [1.54, 1.807) is 0 Å². The molecule has 0 saturated carbocycles. The Morgan fingerprint density at radius 3 is 1.95 bits per heavy atom. The Morgan fingerprint density at radius 1 is 1.16 bits per heavy atom. The highest BCUT2D eigenvalue weighted by atomic mass is 35.5. The molecule has 0 aliphatic heterocycles. The molecule has 0 rings (SSSR count). The number of nitrogens with zero attached hydrogens (tertiary/aromatic N) is 1. The number of halogens is 7. The summed E-state index contributed by atoms with van der Waals surface area (Å²) in [6, 6.07) is 0. The third-order valence-electron chi connectivity index (χ3n) is 2.13. The van der Waals surface area contributed by atoms with Gasteiger partial charge in [0.15, 0.2) is 0 Å². The molecule has 0 saturated heterocycles. The lowest BCUT2D eigenvalue weighted by Crippen LogP contribution is -2.50. The summed E-state index contributed by atoms with van der Waals surface area (Å²) in [6.07, 6.45) is -11.4. The Morgan fingerprint density at radius 2 is 1.63 bits per heavy atom. The molecule has 0 bridgehead atoms. The first-order chi connectivity index (χ1) is 8.55. The van der Waals surface area contributed by atoms with Gasteiger partial charge in [-0.3, -0.25) is 4.79 Å². The number of hydrogen-bond donors (Lipinski definition) is 0. The first-order valence-electron chi connectivity index (χ1n) is 5.02. The maximum atomic E-state index is 12.4. The van der Waals surface area contributed by atoms with Gasteiger partial charge < -0.3 is 9.64 Å². The summed E-state index contributed by atoms with van der Waals surface area (Å²) in [5, 5.41) is 0. The predicted molar refractivity (Wildman–Crippen MR) is 54.8 cm³/mol. The number of amides is 1. The van der Waals surface area contributed by atoms with Crippen molar-refractivity contribution >= 4 is 17.5 Å². The van der Waals surface area contributed by atoms with Crippen molar-refractivity contribution < 1.29 is 35.9 Å². The molecule has 19 heavy (non-hydrogen) atoms. The second-order valence-electron chi connectivity index (χ2n) is 3.52. The lowest BCUT2D eigenvalue weighted by Gasteiger charge is -2.29. The molecule has 0 unspecified atom stereocenters. The average molecular weight is 316 g/mol. The summed E-state index contributed by atoms with van der Waals surface area (Å²) >= 11 is 5.26. The molecule has 0 fully saturated rings. The van der Waals surface area contributed by atoms with Gasteiger partial charge in [-0.05, 0) is 0 Å². The molecular formula is C9H12ClF6NO2. The van der Waals surface area contributed by atoms with Crippen molar-refractivity contribution in [2.45, 2.75) is 12.4 Å². The SMILES string of the molecule is COCCN(CCCl)C(=O)C(C(F)(F)F)C(F)(F)F. The van der Waals surface area contributed by atoms with Gasteiger partial charge >= 0.3 is 12.4 Å². The number of methoxy groups -OCH3 is 1. The lowest BCUT2D eigenvalue weighted by atomic mass is 10.1. The average Bonchev–Trinajstić information content (AvgIpc) is 2.19. The van der Waals surface area contributed by atoms with Gasteiger partial charge in [0.05, 0.1) is 6.61 Å². The molecule has 0 atom stereocenters. The number of carbonyl (C=O) groups is 1. The highest BCUT2D eigenvalue weighted by molar-refractivity contribution is 6.18. The molecule has 10 heteroatoms. The zero-order valence-corrected chi connectivity index (χ0v) is 10.6. The van der Waals surface area contributed by atoms with Gasteiger partial charge in [-0.15, -0.1) is 11.6 Å². The van der Waals surface area contributed by atoms with Crippen molar-refractivity contribution in [3.8, 4) is 0 Å². The Labute approximate surface area is 110 Å². The van der Waals surface area contributed by atoms with E-state index in [0.717, 1.165) is 0 Å². The van der Waals surface area contributed by atoms with Gasteiger partial charge in [0, 0.05) is 26.1 Å². The van der Waals surface area contributed by atoms with Crippen molar-refractivity contribution in [2.24, 2.45) is 5.92 Å². The molecule has 0 radical (unpaired) electrons. The predicted octanol–water partition coefficient (Wildman–Crippen LogP) is 2.44. The van der Waals surface area contributed by atoms with Crippen LogP contribution in [0.4, 0.5) is 26.3 Å². The number of hydrogen-bond acceptors (Lipinski definition) is 2. The van der Waals surface area contributed by atoms with E-state index < -0.39 is 37.3 Å². The van der Waals surface area contributed by atoms with E-state index in [1.165, 1.54) is 7.11 Å². The molecule has 0 aromatic rings. The Kier molecular flexibility index (Phi) is 6.92. The minimum absolute atomic E-state index is 0.189. The Balaban J connectivity index is 5.14. The van der Waals surface area contributed by atoms with Crippen LogP contribution in [0.2, 0.25) is 0 Å². The third kappa shape index (κ3) is 5.85. The van der Waals surface area contributed by atoms with Gasteiger partial charge in [-0.1, -0.05) is 0 Å². The van der Waals surface area contributed by atoms with Crippen LogP contribution >= 0.6 is 11.6 Å². The van der Waals surface area contributed by atoms with Gasteiger partial charge in [0.1, 0.15) is 0 Å². The minimum atomic E-state index is -5.70. The molecule has 114 valence electrons. The fourth-order valence-corrected chi connectivity index (χ4v) is 1.49. The normalized spacial score (nSPS) is 12.9. The highest BCUT2D eigenvalue weighted by Crippen LogP contribution is 2.40. The van der Waals surface area contributed by atoms with E-state index in [-0.39, 0.29) is 12.5 Å². The molecule has 0 aliphatic rings. The van der Waals surface area contributed by atoms with Gasteiger partial charge in [0.2, 0.25) is 11.8 Å². The van der Waals surface area contributed by atoms with Gasteiger partial charge in [-0.25, -0.2) is 0 Å². The number of alkyl halides is 7. The molecule has 0 aromatic heterocycles. The van der Waals surface area contributed by atoms with Crippen molar-refractivity contribution in [3.63, 3.8) is 0 Å². The fourth-order valence-electron chi connectivity index (χ4n) is 1.28. The summed E-state index contributed by atoms with van der Waals surface area (Å²) in [5.41, 5.74) is 0. The topological polar surface area (TPSA) is 29.5 Å². The first-order valence-corrected chi connectivity index (χ1v) is 5.56. The van der Waals surface area contributed by atoms with E-state index in [4.69, 9.17) is 11.6 Å². The molecule has 0 aromatic carbocycles. The second kappa shape index (κ2) is 7.18. The molecule has 0 spiro atoms. The maximum absolute atomic E-state index is 12.4. The summed E-state index contributed by atoms with van der Waals surface area (Å²) in [6.45, 7) is -1.01. The summed E-state index contributed by atoms with van der Waals surface area (Å²) in [4.78, 5) is 11.8. The zero-order valence-electron chi connectivity index (χ0n) is 9.82. The minimum Gasteiger partial charge on any atom is -0.383 e. The number of ether oxygens (including phenoxy) is 1. The summed E-state index contributed by atoms with van der Waals surface area (Å²) in [7, 11) is 1.20. The van der Waals surface area contributed by atoms with Crippen LogP contribution in [-0.2, 0) is 9.53 Å². The van der Waals surface area contributed by atoms with E-state index in [9.17, 15) is 31.1 Å². The van der Waals surface area contributed by atoms with E-state index in [1.807, 2.05) is 0 Å². The van der Waals surface area contributed by atoms with E-state index >= 15 is 0 Å².